The average Bonchev–Trinajstić information content (AvgIpc) is 2.52. The van der Waals surface area contributed by atoms with E-state index in [1.54, 1.807) is 39.0 Å². The van der Waals surface area contributed by atoms with E-state index in [1.807, 2.05) is 0 Å². The van der Waals surface area contributed by atoms with Gasteiger partial charge in [-0.2, -0.15) is 4.31 Å². The monoisotopic (exact) mass is 358 g/mol. The van der Waals surface area contributed by atoms with E-state index in [0.717, 1.165) is 9.87 Å². The van der Waals surface area contributed by atoms with Crippen LogP contribution in [0.5, 0.6) is 5.75 Å². The van der Waals surface area contributed by atoms with Gasteiger partial charge in [0.05, 0.1) is 20.3 Å². The van der Waals surface area contributed by atoms with Crippen LogP contribution >= 0.6 is 0 Å². The number of carbonyl (C=O) groups excluding carboxylic acids is 1. The van der Waals surface area contributed by atoms with Gasteiger partial charge >= 0.3 is 0 Å². The lowest BCUT2D eigenvalue weighted by Gasteiger charge is -2.22. The lowest BCUT2D eigenvalue weighted by atomic mass is 10.2. The molecule has 0 spiro atoms. The molecule has 8 heteroatoms. The van der Waals surface area contributed by atoms with Crippen LogP contribution < -0.4 is 10.1 Å². The van der Waals surface area contributed by atoms with Crippen molar-refractivity contribution in [3.8, 4) is 5.75 Å². The average molecular weight is 358 g/mol. The Morgan fingerprint density at radius 3 is 2.54 bits per heavy atom. The quantitative estimate of drug-likeness (QED) is 0.716. The number of hydrogen-bond acceptors (Lipinski definition) is 5. The van der Waals surface area contributed by atoms with E-state index in [0.29, 0.717) is 6.61 Å². The smallest absolute Gasteiger partial charge is 0.247 e. The Morgan fingerprint density at radius 2 is 2.00 bits per heavy atom. The Labute approximate surface area is 144 Å². The third kappa shape index (κ3) is 5.19. The van der Waals surface area contributed by atoms with Crippen molar-refractivity contribution in [1.29, 1.82) is 0 Å². The molecular weight excluding hydrogens is 332 g/mol. The van der Waals surface area contributed by atoms with Crippen LogP contribution in [0.3, 0.4) is 0 Å². The second-order valence-corrected chi connectivity index (χ2v) is 7.42. The van der Waals surface area contributed by atoms with Crippen molar-refractivity contribution >= 4 is 15.9 Å². The molecule has 1 aromatic carbocycles. The molecule has 1 atom stereocenters. The normalized spacial score (nSPS) is 12.9. The Balaban J connectivity index is 3.02. The predicted octanol–water partition coefficient (Wildman–Crippen LogP) is 1.17. The fourth-order valence-electron chi connectivity index (χ4n) is 2.26. The first-order valence-electron chi connectivity index (χ1n) is 7.69. The molecule has 1 rings (SSSR count). The maximum Gasteiger partial charge on any atom is 0.247 e. The number of carbonyl (C=O) groups is 1. The van der Waals surface area contributed by atoms with Crippen molar-refractivity contribution in [1.82, 2.24) is 9.62 Å². The molecule has 7 nitrogen and oxygen atoms in total. The highest BCUT2D eigenvalue weighted by atomic mass is 32.2. The first-order chi connectivity index (χ1) is 11.3. The maximum atomic E-state index is 12.9. The number of ether oxygens (including phenoxy) is 2. The van der Waals surface area contributed by atoms with Crippen LogP contribution in [0.2, 0.25) is 0 Å². The number of rotatable bonds is 9. The summed E-state index contributed by atoms with van der Waals surface area (Å²) < 4.78 is 37.0. The van der Waals surface area contributed by atoms with Crippen LogP contribution in [0.15, 0.2) is 23.1 Å². The van der Waals surface area contributed by atoms with Crippen LogP contribution in [-0.4, -0.2) is 58.6 Å². The Kier molecular flexibility index (Phi) is 7.65. The van der Waals surface area contributed by atoms with Crippen molar-refractivity contribution in [3.05, 3.63) is 23.8 Å². The molecule has 0 unspecified atom stereocenters. The minimum absolute atomic E-state index is 0.0598. The van der Waals surface area contributed by atoms with Gasteiger partial charge in [-0.3, -0.25) is 4.79 Å². The molecule has 0 aromatic heterocycles. The molecule has 0 saturated carbocycles. The van der Waals surface area contributed by atoms with E-state index in [4.69, 9.17) is 9.47 Å². The number of hydrogen-bond donors (Lipinski definition) is 1. The summed E-state index contributed by atoms with van der Waals surface area (Å²) in [5.74, 6) is -0.121. The molecule has 1 N–H and O–H groups in total. The van der Waals surface area contributed by atoms with Gasteiger partial charge in [0, 0.05) is 19.7 Å². The summed E-state index contributed by atoms with van der Waals surface area (Å²) in [5, 5.41) is 2.71. The molecule has 24 heavy (non-hydrogen) atoms. The predicted molar refractivity (Wildman–Crippen MR) is 91.6 cm³/mol. The molecule has 1 amide bonds. The minimum atomic E-state index is -3.84. The van der Waals surface area contributed by atoms with Crippen LogP contribution in [0.4, 0.5) is 0 Å². The molecule has 0 radical (unpaired) electrons. The summed E-state index contributed by atoms with van der Waals surface area (Å²) >= 11 is 0. The minimum Gasteiger partial charge on any atom is -0.495 e. The highest BCUT2D eigenvalue weighted by Gasteiger charge is 2.28. The number of benzene rings is 1. The van der Waals surface area contributed by atoms with Crippen molar-refractivity contribution in [2.24, 2.45) is 0 Å². The second-order valence-electron chi connectivity index (χ2n) is 5.51. The molecule has 0 fully saturated rings. The molecular formula is C16H26N2O5S. The maximum absolute atomic E-state index is 12.9. The molecule has 0 bridgehead atoms. The molecule has 0 heterocycles. The third-order valence-corrected chi connectivity index (χ3v) is 5.38. The van der Waals surface area contributed by atoms with Crippen LogP contribution in [0.1, 0.15) is 19.4 Å². The van der Waals surface area contributed by atoms with Gasteiger partial charge in [-0.05, 0) is 31.5 Å². The SMILES string of the molecule is CCN(CC(=O)N[C@H](C)COC)S(=O)(=O)c1cc(C)ccc1OC. The lowest BCUT2D eigenvalue weighted by molar-refractivity contribution is -0.122. The molecule has 0 aliphatic heterocycles. The zero-order valence-electron chi connectivity index (χ0n) is 14.8. The zero-order valence-corrected chi connectivity index (χ0v) is 15.6. The first-order valence-corrected chi connectivity index (χ1v) is 9.13. The second kappa shape index (κ2) is 9.00. The van der Waals surface area contributed by atoms with E-state index in [1.165, 1.54) is 14.2 Å². The first kappa shape index (κ1) is 20.4. The van der Waals surface area contributed by atoms with Crippen LogP contribution in [-0.2, 0) is 19.6 Å². The lowest BCUT2D eigenvalue weighted by Crippen LogP contribution is -2.44. The van der Waals surface area contributed by atoms with Crippen molar-refractivity contribution < 1.29 is 22.7 Å². The number of amides is 1. The van der Waals surface area contributed by atoms with E-state index >= 15 is 0 Å². The third-order valence-electron chi connectivity index (χ3n) is 3.43. The number of sulfonamides is 1. The van der Waals surface area contributed by atoms with Crippen molar-refractivity contribution in [2.75, 3.05) is 33.9 Å². The summed E-state index contributed by atoms with van der Waals surface area (Å²) in [4.78, 5) is 12.2. The highest BCUT2D eigenvalue weighted by molar-refractivity contribution is 7.89. The Hall–Kier alpha value is -1.64. The van der Waals surface area contributed by atoms with Gasteiger partial charge in [-0.15, -0.1) is 0 Å². The Bertz CT molecular complexity index is 660. The van der Waals surface area contributed by atoms with Crippen LogP contribution in [0.25, 0.3) is 0 Å². The van der Waals surface area contributed by atoms with E-state index < -0.39 is 10.0 Å². The van der Waals surface area contributed by atoms with Crippen molar-refractivity contribution in [2.45, 2.75) is 31.7 Å². The number of methoxy groups -OCH3 is 2. The fraction of sp³-hybridized carbons (Fsp3) is 0.562. The van der Waals surface area contributed by atoms with E-state index in [2.05, 4.69) is 5.32 Å². The molecule has 1 aromatic rings. The standard InChI is InChI=1S/C16H26N2O5S/c1-6-18(10-16(19)17-13(3)11-22-4)24(20,21)15-9-12(2)7-8-14(15)23-5/h7-9,13H,6,10-11H2,1-5H3,(H,17,19)/t13-/m1/s1. The molecule has 0 saturated heterocycles. The highest BCUT2D eigenvalue weighted by Crippen LogP contribution is 2.27. The van der Waals surface area contributed by atoms with Gasteiger partial charge in [0.15, 0.2) is 0 Å². The van der Waals surface area contributed by atoms with E-state index in [-0.39, 0.29) is 35.7 Å². The number of nitrogens with one attached hydrogen (secondary N) is 1. The summed E-state index contributed by atoms with van der Waals surface area (Å²) in [6, 6.07) is 4.73. The summed E-state index contributed by atoms with van der Waals surface area (Å²) in [6.07, 6.45) is 0. The summed E-state index contributed by atoms with van der Waals surface area (Å²) in [6.45, 7) is 5.54. The van der Waals surface area contributed by atoms with Crippen LogP contribution in [0, 0.1) is 6.92 Å². The number of nitrogens with zero attached hydrogens (tertiary/aromatic N) is 1. The van der Waals surface area contributed by atoms with Gasteiger partial charge in [0.2, 0.25) is 15.9 Å². The van der Waals surface area contributed by atoms with Crippen molar-refractivity contribution in [3.63, 3.8) is 0 Å². The van der Waals surface area contributed by atoms with E-state index in [9.17, 15) is 13.2 Å². The van der Waals surface area contributed by atoms with Gasteiger partial charge in [0.25, 0.3) is 0 Å². The zero-order chi connectivity index (χ0) is 18.3. The summed E-state index contributed by atoms with van der Waals surface area (Å²) in [5.41, 5.74) is 0.795. The molecule has 136 valence electrons. The molecule has 0 aliphatic rings. The van der Waals surface area contributed by atoms with Gasteiger partial charge in [-0.1, -0.05) is 13.0 Å². The number of likely N-dealkylation sites (N-methyl/N-ethyl adjacent to an activating group) is 1. The van der Waals surface area contributed by atoms with Gasteiger partial charge < -0.3 is 14.8 Å². The van der Waals surface area contributed by atoms with Gasteiger partial charge in [-0.25, -0.2) is 8.42 Å². The van der Waals surface area contributed by atoms with Gasteiger partial charge in [0.1, 0.15) is 10.6 Å². The fourth-order valence-corrected chi connectivity index (χ4v) is 3.91. The summed E-state index contributed by atoms with van der Waals surface area (Å²) in [7, 11) is -0.890. The number of aryl methyl sites for hydroxylation is 1. The molecule has 0 aliphatic carbocycles. The topological polar surface area (TPSA) is 84.9 Å². The largest absolute Gasteiger partial charge is 0.495 e. The Morgan fingerprint density at radius 1 is 1.33 bits per heavy atom.